The zero-order valence-electron chi connectivity index (χ0n) is 10.8. The highest BCUT2D eigenvalue weighted by Gasteiger charge is 2.37. The minimum atomic E-state index is -0.0893. The zero-order chi connectivity index (χ0) is 11.9. The molecule has 0 aliphatic carbocycles. The third kappa shape index (κ3) is 2.86. The summed E-state index contributed by atoms with van der Waals surface area (Å²) in [5.74, 6) is 0.523. The smallest absolute Gasteiger partial charge is 0.317 e. The standard InChI is InChI=1S/C12H24N2O/c1-11(2,3)9-7-13-10(15)14(8-9)12(4,5)6/h9H,7-8H2,1-6H3,(H,13,15). The SMILES string of the molecule is CC(C)(C)C1CNC(=O)N(C(C)(C)C)C1. The first-order valence-electron chi connectivity index (χ1n) is 5.68. The second-order valence-corrected chi connectivity index (χ2v) is 6.53. The number of nitrogens with zero attached hydrogens (tertiary/aromatic N) is 1. The van der Waals surface area contributed by atoms with E-state index < -0.39 is 0 Å². The minimum Gasteiger partial charge on any atom is -0.338 e. The summed E-state index contributed by atoms with van der Waals surface area (Å²) in [6.45, 7) is 14.6. The van der Waals surface area contributed by atoms with Crippen molar-refractivity contribution in [1.29, 1.82) is 0 Å². The third-order valence-electron chi connectivity index (χ3n) is 3.18. The molecule has 2 amide bonds. The third-order valence-corrected chi connectivity index (χ3v) is 3.18. The van der Waals surface area contributed by atoms with Gasteiger partial charge in [-0.25, -0.2) is 4.79 Å². The monoisotopic (exact) mass is 212 g/mol. The van der Waals surface area contributed by atoms with Crippen molar-refractivity contribution in [3.8, 4) is 0 Å². The molecule has 15 heavy (non-hydrogen) atoms. The second kappa shape index (κ2) is 3.69. The fourth-order valence-electron chi connectivity index (χ4n) is 1.83. The molecule has 0 bridgehead atoms. The summed E-state index contributed by atoms with van der Waals surface area (Å²) < 4.78 is 0. The number of hydrogen-bond acceptors (Lipinski definition) is 1. The Labute approximate surface area is 93.2 Å². The van der Waals surface area contributed by atoms with Crippen LogP contribution in [0.15, 0.2) is 0 Å². The van der Waals surface area contributed by atoms with Crippen molar-refractivity contribution in [2.24, 2.45) is 11.3 Å². The fourth-order valence-corrected chi connectivity index (χ4v) is 1.83. The average Bonchev–Trinajstić information content (AvgIpc) is 2.00. The molecule has 88 valence electrons. The lowest BCUT2D eigenvalue weighted by Crippen LogP contribution is -2.59. The van der Waals surface area contributed by atoms with Gasteiger partial charge in [0.1, 0.15) is 0 Å². The molecule has 1 N–H and O–H groups in total. The highest BCUT2D eigenvalue weighted by molar-refractivity contribution is 5.75. The Morgan fingerprint density at radius 3 is 2.13 bits per heavy atom. The fraction of sp³-hybridized carbons (Fsp3) is 0.917. The number of rotatable bonds is 0. The van der Waals surface area contributed by atoms with Gasteiger partial charge in [-0.1, -0.05) is 20.8 Å². The predicted octanol–water partition coefficient (Wildman–Crippen LogP) is 2.47. The van der Waals surface area contributed by atoms with Crippen LogP contribution in [0.2, 0.25) is 0 Å². The van der Waals surface area contributed by atoms with Gasteiger partial charge in [-0.15, -0.1) is 0 Å². The van der Waals surface area contributed by atoms with E-state index in [9.17, 15) is 4.79 Å². The van der Waals surface area contributed by atoms with Gasteiger partial charge in [0.15, 0.2) is 0 Å². The van der Waals surface area contributed by atoms with E-state index in [2.05, 4.69) is 46.9 Å². The van der Waals surface area contributed by atoms with Gasteiger partial charge in [0.25, 0.3) is 0 Å². The minimum absolute atomic E-state index is 0.0722. The molecular formula is C12H24N2O. The van der Waals surface area contributed by atoms with E-state index in [1.165, 1.54) is 0 Å². The maximum Gasteiger partial charge on any atom is 0.317 e. The lowest BCUT2D eigenvalue weighted by Gasteiger charge is -2.45. The molecule has 0 aromatic carbocycles. The normalized spacial score (nSPS) is 24.0. The molecule has 0 aromatic rings. The van der Waals surface area contributed by atoms with E-state index in [0.717, 1.165) is 13.1 Å². The summed E-state index contributed by atoms with van der Waals surface area (Å²) in [6.07, 6.45) is 0. The quantitative estimate of drug-likeness (QED) is 0.657. The van der Waals surface area contributed by atoms with E-state index >= 15 is 0 Å². The van der Waals surface area contributed by atoms with Gasteiger partial charge in [0, 0.05) is 18.6 Å². The van der Waals surface area contributed by atoms with Crippen LogP contribution in [0.5, 0.6) is 0 Å². The summed E-state index contributed by atoms with van der Waals surface area (Å²) >= 11 is 0. The van der Waals surface area contributed by atoms with Crippen LogP contribution in [0.1, 0.15) is 41.5 Å². The van der Waals surface area contributed by atoms with E-state index in [4.69, 9.17) is 0 Å². The van der Waals surface area contributed by atoms with Crippen LogP contribution in [0.3, 0.4) is 0 Å². The van der Waals surface area contributed by atoms with E-state index in [-0.39, 0.29) is 17.0 Å². The van der Waals surface area contributed by atoms with Gasteiger partial charge in [-0.3, -0.25) is 0 Å². The summed E-state index contributed by atoms with van der Waals surface area (Å²) in [4.78, 5) is 13.7. The molecule has 1 rings (SSSR count). The summed E-state index contributed by atoms with van der Waals surface area (Å²) in [7, 11) is 0. The van der Waals surface area contributed by atoms with Gasteiger partial charge in [-0.2, -0.15) is 0 Å². The largest absolute Gasteiger partial charge is 0.338 e. The maximum atomic E-state index is 11.7. The van der Waals surface area contributed by atoms with Crippen LogP contribution in [0.4, 0.5) is 4.79 Å². The molecule has 1 heterocycles. The molecule has 1 atom stereocenters. The Bertz CT molecular complexity index is 247. The van der Waals surface area contributed by atoms with E-state index in [0.29, 0.717) is 5.92 Å². The maximum absolute atomic E-state index is 11.7. The highest BCUT2D eigenvalue weighted by Crippen LogP contribution is 2.30. The van der Waals surface area contributed by atoms with Crippen LogP contribution in [-0.2, 0) is 0 Å². The molecule has 0 aromatic heterocycles. The molecular weight excluding hydrogens is 188 g/mol. The van der Waals surface area contributed by atoms with Crippen molar-refractivity contribution in [3.05, 3.63) is 0 Å². The number of amides is 2. The van der Waals surface area contributed by atoms with Crippen molar-refractivity contribution >= 4 is 6.03 Å². The number of urea groups is 1. The van der Waals surface area contributed by atoms with Crippen LogP contribution >= 0.6 is 0 Å². The molecule has 1 fully saturated rings. The molecule has 3 nitrogen and oxygen atoms in total. The van der Waals surface area contributed by atoms with Gasteiger partial charge >= 0.3 is 6.03 Å². The molecule has 1 aliphatic rings. The Hall–Kier alpha value is -0.730. The highest BCUT2D eigenvalue weighted by atomic mass is 16.2. The molecule has 0 spiro atoms. The Morgan fingerprint density at radius 1 is 1.20 bits per heavy atom. The Morgan fingerprint density at radius 2 is 1.73 bits per heavy atom. The summed E-state index contributed by atoms with van der Waals surface area (Å²) in [5, 5.41) is 2.98. The molecule has 1 saturated heterocycles. The van der Waals surface area contributed by atoms with Crippen molar-refractivity contribution < 1.29 is 4.79 Å². The first-order valence-corrected chi connectivity index (χ1v) is 5.68. The lowest BCUT2D eigenvalue weighted by atomic mass is 9.79. The number of carbonyl (C=O) groups excluding carboxylic acids is 1. The first kappa shape index (κ1) is 12.3. The van der Waals surface area contributed by atoms with Gasteiger partial charge < -0.3 is 10.2 Å². The number of nitrogens with one attached hydrogen (secondary N) is 1. The topological polar surface area (TPSA) is 32.3 Å². The number of carbonyl (C=O) groups is 1. The molecule has 1 unspecified atom stereocenters. The summed E-state index contributed by atoms with van der Waals surface area (Å²) in [6, 6.07) is 0.0722. The Balaban J connectivity index is 2.78. The van der Waals surface area contributed by atoms with Gasteiger partial charge in [0.2, 0.25) is 0 Å². The average molecular weight is 212 g/mol. The molecule has 0 saturated carbocycles. The van der Waals surface area contributed by atoms with Crippen molar-refractivity contribution in [3.63, 3.8) is 0 Å². The zero-order valence-corrected chi connectivity index (χ0v) is 10.8. The lowest BCUT2D eigenvalue weighted by molar-refractivity contribution is 0.0760. The molecule has 3 heteroatoms. The Kier molecular flexibility index (Phi) is 3.04. The van der Waals surface area contributed by atoms with Crippen LogP contribution in [-0.4, -0.2) is 29.6 Å². The predicted molar refractivity (Wildman–Crippen MR) is 62.8 cm³/mol. The molecule has 0 radical (unpaired) electrons. The van der Waals surface area contributed by atoms with Crippen LogP contribution in [0, 0.1) is 11.3 Å². The van der Waals surface area contributed by atoms with Gasteiger partial charge in [-0.05, 0) is 32.1 Å². The van der Waals surface area contributed by atoms with Crippen molar-refractivity contribution in [1.82, 2.24) is 10.2 Å². The molecule has 1 aliphatic heterocycles. The van der Waals surface area contributed by atoms with Crippen molar-refractivity contribution in [2.45, 2.75) is 47.1 Å². The van der Waals surface area contributed by atoms with E-state index in [1.807, 2.05) is 4.90 Å². The number of hydrogen-bond donors (Lipinski definition) is 1. The van der Waals surface area contributed by atoms with E-state index in [1.54, 1.807) is 0 Å². The summed E-state index contributed by atoms with van der Waals surface area (Å²) in [5.41, 5.74) is 0.158. The van der Waals surface area contributed by atoms with Crippen LogP contribution in [0.25, 0.3) is 0 Å². The van der Waals surface area contributed by atoms with Gasteiger partial charge in [0.05, 0.1) is 0 Å². The van der Waals surface area contributed by atoms with Crippen molar-refractivity contribution in [2.75, 3.05) is 13.1 Å². The first-order chi connectivity index (χ1) is 6.62. The van der Waals surface area contributed by atoms with Crippen LogP contribution < -0.4 is 5.32 Å². The second-order valence-electron chi connectivity index (χ2n) is 6.53.